The largest absolute Gasteiger partial charge is 0.357 e. The topological polar surface area (TPSA) is 51.2 Å². The molecule has 1 aliphatic rings. The van der Waals surface area contributed by atoms with Gasteiger partial charge in [0.15, 0.2) is 5.96 Å². The number of rotatable bonds is 7. The predicted octanol–water partition coefficient (Wildman–Crippen LogP) is 2.59. The minimum atomic E-state index is 0. The second-order valence-corrected chi connectivity index (χ2v) is 7.67. The minimum Gasteiger partial charge on any atom is -0.357 e. The number of nitrogens with one attached hydrogen (secondary N) is 1. The summed E-state index contributed by atoms with van der Waals surface area (Å²) in [6, 6.07) is 8.69. The first-order valence-electron chi connectivity index (χ1n) is 9.63. The van der Waals surface area contributed by atoms with Crippen molar-refractivity contribution < 1.29 is 4.79 Å². The van der Waals surface area contributed by atoms with Gasteiger partial charge in [0.1, 0.15) is 0 Å². The highest BCUT2D eigenvalue weighted by Crippen LogP contribution is 2.15. The van der Waals surface area contributed by atoms with Crippen LogP contribution in [-0.4, -0.2) is 85.7 Å². The number of piperazine rings is 1. The summed E-state index contributed by atoms with van der Waals surface area (Å²) in [5.41, 5.74) is 1.28. The van der Waals surface area contributed by atoms with Crippen LogP contribution >= 0.6 is 35.7 Å². The standard InChI is InChI=1S/C20H33N5OS.HI/c1-5-21-20(23(3)16-18-6-8-19(27-4)9-7-18)22-10-11-24-12-14-25(15-13-24)17(2)26;/h6-9H,5,10-16H2,1-4H3,(H,21,22);1H. The van der Waals surface area contributed by atoms with Crippen LogP contribution in [0.5, 0.6) is 0 Å². The van der Waals surface area contributed by atoms with E-state index in [-0.39, 0.29) is 29.9 Å². The smallest absolute Gasteiger partial charge is 0.219 e. The van der Waals surface area contributed by atoms with Crippen molar-refractivity contribution in [2.45, 2.75) is 25.3 Å². The molecule has 158 valence electrons. The van der Waals surface area contributed by atoms with Crippen LogP contribution in [0, 0.1) is 0 Å². The van der Waals surface area contributed by atoms with Crippen molar-refractivity contribution in [1.29, 1.82) is 0 Å². The molecule has 0 unspecified atom stereocenters. The van der Waals surface area contributed by atoms with Crippen LogP contribution < -0.4 is 5.32 Å². The van der Waals surface area contributed by atoms with Crippen LogP contribution in [0.15, 0.2) is 34.2 Å². The fourth-order valence-corrected chi connectivity index (χ4v) is 3.54. The zero-order chi connectivity index (χ0) is 19.6. The lowest BCUT2D eigenvalue weighted by atomic mass is 10.2. The first-order chi connectivity index (χ1) is 13.0. The first-order valence-corrected chi connectivity index (χ1v) is 10.9. The monoisotopic (exact) mass is 519 g/mol. The van der Waals surface area contributed by atoms with Crippen LogP contribution in [0.4, 0.5) is 0 Å². The number of guanidine groups is 1. The molecule has 2 rings (SSSR count). The normalized spacial score (nSPS) is 15.1. The average Bonchev–Trinajstić information content (AvgIpc) is 2.68. The molecule has 1 N–H and O–H groups in total. The summed E-state index contributed by atoms with van der Waals surface area (Å²) in [7, 11) is 2.08. The minimum absolute atomic E-state index is 0. The summed E-state index contributed by atoms with van der Waals surface area (Å²) in [6.45, 7) is 10.6. The molecule has 1 amide bonds. The van der Waals surface area contributed by atoms with Crippen LogP contribution in [0.3, 0.4) is 0 Å². The molecule has 28 heavy (non-hydrogen) atoms. The molecule has 0 bridgehead atoms. The molecule has 1 aromatic carbocycles. The van der Waals surface area contributed by atoms with Gasteiger partial charge in [-0.3, -0.25) is 14.7 Å². The van der Waals surface area contributed by atoms with Crippen molar-refractivity contribution in [3.05, 3.63) is 29.8 Å². The number of carbonyl (C=O) groups excluding carboxylic acids is 1. The molecule has 0 saturated carbocycles. The molecule has 0 atom stereocenters. The predicted molar refractivity (Wildman–Crippen MR) is 130 cm³/mol. The molecule has 1 aromatic rings. The molecule has 1 heterocycles. The van der Waals surface area contributed by atoms with Crippen molar-refractivity contribution in [3.8, 4) is 0 Å². The van der Waals surface area contributed by atoms with Gasteiger partial charge in [0, 0.05) is 64.7 Å². The van der Waals surface area contributed by atoms with E-state index in [2.05, 4.69) is 59.6 Å². The lowest BCUT2D eigenvalue weighted by Crippen LogP contribution is -2.48. The van der Waals surface area contributed by atoms with Gasteiger partial charge in [-0.25, -0.2) is 0 Å². The summed E-state index contributed by atoms with van der Waals surface area (Å²) in [5, 5.41) is 3.39. The fourth-order valence-electron chi connectivity index (χ4n) is 3.13. The van der Waals surface area contributed by atoms with E-state index in [0.717, 1.165) is 58.3 Å². The van der Waals surface area contributed by atoms with Crippen LogP contribution in [0.2, 0.25) is 0 Å². The van der Waals surface area contributed by atoms with Crippen molar-refractivity contribution in [1.82, 2.24) is 20.0 Å². The number of carbonyl (C=O) groups is 1. The Balaban J connectivity index is 0.00000392. The SMILES string of the molecule is CCNC(=NCCN1CCN(C(C)=O)CC1)N(C)Cc1ccc(SC)cc1.I. The van der Waals surface area contributed by atoms with E-state index in [1.165, 1.54) is 10.5 Å². The van der Waals surface area contributed by atoms with E-state index < -0.39 is 0 Å². The Bertz CT molecular complexity index is 618. The molecule has 8 heteroatoms. The Morgan fingerprint density at radius 2 is 1.86 bits per heavy atom. The number of aliphatic imine (C=N–C) groups is 1. The number of nitrogens with zero attached hydrogens (tertiary/aromatic N) is 4. The highest BCUT2D eigenvalue weighted by Gasteiger charge is 2.18. The zero-order valence-electron chi connectivity index (χ0n) is 17.5. The number of amides is 1. The third-order valence-electron chi connectivity index (χ3n) is 4.77. The highest BCUT2D eigenvalue weighted by molar-refractivity contribution is 14.0. The van der Waals surface area contributed by atoms with E-state index >= 15 is 0 Å². The van der Waals surface area contributed by atoms with Crippen molar-refractivity contribution >= 4 is 47.6 Å². The summed E-state index contributed by atoms with van der Waals surface area (Å²) < 4.78 is 0. The molecule has 0 radical (unpaired) electrons. The van der Waals surface area contributed by atoms with Crippen LogP contribution in [-0.2, 0) is 11.3 Å². The van der Waals surface area contributed by atoms with Gasteiger partial charge >= 0.3 is 0 Å². The van der Waals surface area contributed by atoms with Crippen LogP contribution in [0.1, 0.15) is 19.4 Å². The fraction of sp³-hybridized carbons (Fsp3) is 0.600. The van der Waals surface area contributed by atoms with E-state index in [1.807, 2.05) is 4.90 Å². The third kappa shape index (κ3) is 8.16. The molecule has 1 saturated heterocycles. The maximum Gasteiger partial charge on any atom is 0.219 e. The molecule has 1 fully saturated rings. The van der Waals surface area contributed by atoms with Gasteiger partial charge in [0.05, 0.1) is 6.54 Å². The Morgan fingerprint density at radius 3 is 2.39 bits per heavy atom. The molecule has 0 spiro atoms. The molecule has 0 aliphatic carbocycles. The highest BCUT2D eigenvalue weighted by atomic mass is 127. The van der Waals surface area contributed by atoms with E-state index in [4.69, 9.17) is 4.99 Å². The number of halogens is 1. The third-order valence-corrected chi connectivity index (χ3v) is 5.51. The summed E-state index contributed by atoms with van der Waals surface area (Å²) in [4.78, 5) is 24.0. The zero-order valence-corrected chi connectivity index (χ0v) is 20.6. The maximum atomic E-state index is 11.4. The molecule has 0 aromatic heterocycles. The van der Waals surface area contributed by atoms with Gasteiger partial charge < -0.3 is 15.1 Å². The van der Waals surface area contributed by atoms with Crippen molar-refractivity contribution in [2.24, 2.45) is 4.99 Å². The number of thioether (sulfide) groups is 1. The Kier molecular flexibility index (Phi) is 11.9. The van der Waals surface area contributed by atoms with Gasteiger partial charge in [-0.2, -0.15) is 0 Å². The van der Waals surface area contributed by atoms with Crippen molar-refractivity contribution in [3.63, 3.8) is 0 Å². The van der Waals surface area contributed by atoms with Gasteiger partial charge in [-0.1, -0.05) is 12.1 Å². The van der Waals surface area contributed by atoms with Crippen molar-refractivity contribution in [2.75, 3.05) is 59.1 Å². The second kappa shape index (κ2) is 13.3. The van der Waals surface area contributed by atoms with Gasteiger partial charge in [0.2, 0.25) is 5.91 Å². The molecule has 6 nitrogen and oxygen atoms in total. The first kappa shape index (κ1) is 25.0. The average molecular weight is 519 g/mol. The number of hydrogen-bond donors (Lipinski definition) is 1. The van der Waals surface area contributed by atoms with Crippen LogP contribution in [0.25, 0.3) is 0 Å². The van der Waals surface area contributed by atoms with E-state index in [9.17, 15) is 4.79 Å². The Hall–Kier alpha value is -1.000. The Morgan fingerprint density at radius 1 is 1.21 bits per heavy atom. The lowest BCUT2D eigenvalue weighted by Gasteiger charge is -2.33. The summed E-state index contributed by atoms with van der Waals surface area (Å²) in [6.07, 6.45) is 2.09. The second-order valence-electron chi connectivity index (χ2n) is 6.79. The summed E-state index contributed by atoms with van der Waals surface area (Å²) >= 11 is 1.76. The Labute approximate surface area is 191 Å². The quantitative estimate of drug-likeness (QED) is 0.260. The number of benzene rings is 1. The van der Waals surface area contributed by atoms with Gasteiger partial charge in [0.25, 0.3) is 0 Å². The maximum absolute atomic E-state index is 11.4. The van der Waals surface area contributed by atoms with Gasteiger partial charge in [-0.15, -0.1) is 35.7 Å². The van der Waals surface area contributed by atoms with E-state index in [0.29, 0.717) is 0 Å². The molecule has 1 aliphatic heterocycles. The van der Waals surface area contributed by atoms with Gasteiger partial charge in [-0.05, 0) is 30.9 Å². The summed E-state index contributed by atoms with van der Waals surface area (Å²) in [5.74, 6) is 1.11. The number of hydrogen-bond acceptors (Lipinski definition) is 4. The molecular weight excluding hydrogens is 485 g/mol. The lowest BCUT2D eigenvalue weighted by molar-refractivity contribution is -0.130. The van der Waals surface area contributed by atoms with E-state index in [1.54, 1.807) is 18.7 Å². The molecular formula is C20H34IN5OS.